The Balaban J connectivity index is 2.32. The van der Waals surface area contributed by atoms with Crippen molar-refractivity contribution in [2.75, 3.05) is 40.5 Å². The van der Waals surface area contributed by atoms with E-state index in [1.807, 2.05) is 0 Å². The summed E-state index contributed by atoms with van der Waals surface area (Å²) in [6, 6.07) is 0. The molecule has 0 saturated carbocycles. The Bertz CT molecular complexity index is 268. The Labute approximate surface area is 109 Å². The van der Waals surface area contributed by atoms with Crippen molar-refractivity contribution in [2.45, 2.75) is 38.4 Å². The van der Waals surface area contributed by atoms with Crippen molar-refractivity contribution in [2.24, 2.45) is 0 Å². The number of morpholine rings is 1. The van der Waals surface area contributed by atoms with E-state index in [0.29, 0.717) is 13.0 Å². The highest BCUT2D eigenvalue weighted by molar-refractivity contribution is 5.69. The van der Waals surface area contributed by atoms with E-state index in [2.05, 4.69) is 23.5 Å². The molecule has 1 rings (SSSR count). The van der Waals surface area contributed by atoms with Crippen LogP contribution in [-0.4, -0.2) is 63.0 Å². The molecule has 0 N–H and O–H groups in total. The van der Waals surface area contributed by atoms with Gasteiger partial charge in [-0.2, -0.15) is 0 Å². The summed E-state index contributed by atoms with van der Waals surface area (Å²) in [6.45, 7) is 7.50. The minimum Gasteiger partial charge on any atom is -0.469 e. The number of methoxy groups -OCH3 is 2. The summed E-state index contributed by atoms with van der Waals surface area (Å²) in [5, 5.41) is 0. The van der Waals surface area contributed by atoms with Crippen molar-refractivity contribution in [1.29, 1.82) is 0 Å². The molecule has 1 atom stereocenters. The SMILES string of the molecule is COC(=O)CC1CN(CCC(C)(C)OC)CCO1. The fraction of sp³-hybridized carbons (Fsp3) is 0.923. The van der Waals surface area contributed by atoms with Gasteiger partial charge in [-0.1, -0.05) is 0 Å². The van der Waals surface area contributed by atoms with Crippen LogP contribution in [0, 0.1) is 0 Å². The number of carbonyl (C=O) groups is 1. The molecule has 0 aromatic heterocycles. The van der Waals surface area contributed by atoms with Gasteiger partial charge in [-0.05, 0) is 20.3 Å². The van der Waals surface area contributed by atoms with Crippen LogP contribution in [0.25, 0.3) is 0 Å². The molecule has 18 heavy (non-hydrogen) atoms. The molecule has 0 aromatic rings. The van der Waals surface area contributed by atoms with Gasteiger partial charge in [0.15, 0.2) is 0 Å². The van der Waals surface area contributed by atoms with Gasteiger partial charge in [-0.3, -0.25) is 9.69 Å². The van der Waals surface area contributed by atoms with Gasteiger partial charge in [0.05, 0.1) is 31.8 Å². The highest BCUT2D eigenvalue weighted by Crippen LogP contribution is 2.16. The fourth-order valence-electron chi connectivity index (χ4n) is 1.91. The zero-order valence-corrected chi connectivity index (χ0v) is 11.9. The molecule has 5 nitrogen and oxygen atoms in total. The molecule has 1 heterocycles. The standard InChI is InChI=1S/C13H25NO4/c1-13(2,17-4)5-6-14-7-8-18-11(10-14)9-12(15)16-3/h11H,5-10H2,1-4H3. The monoisotopic (exact) mass is 259 g/mol. The van der Waals surface area contributed by atoms with E-state index in [9.17, 15) is 4.79 Å². The maximum atomic E-state index is 11.2. The Morgan fingerprint density at radius 2 is 2.17 bits per heavy atom. The molecule has 5 heteroatoms. The van der Waals surface area contributed by atoms with Gasteiger partial charge < -0.3 is 14.2 Å². The first-order valence-corrected chi connectivity index (χ1v) is 6.43. The van der Waals surface area contributed by atoms with Crippen molar-refractivity contribution in [3.8, 4) is 0 Å². The Morgan fingerprint density at radius 1 is 1.44 bits per heavy atom. The maximum absolute atomic E-state index is 11.2. The van der Waals surface area contributed by atoms with Crippen molar-refractivity contribution in [1.82, 2.24) is 4.90 Å². The fourth-order valence-corrected chi connectivity index (χ4v) is 1.91. The minimum atomic E-state index is -0.209. The topological polar surface area (TPSA) is 48.0 Å². The van der Waals surface area contributed by atoms with Crippen LogP contribution in [0.15, 0.2) is 0 Å². The zero-order valence-electron chi connectivity index (χ0n) is 11.9. The van der Waals surface area contributed by atoms with E-state index >= 15 is 0 Å². The van der Waals surface area contributed by atoms with Crippen LogP contribution in [0.5, 0.6) is 0 Å². The molecule has 0 spiro atoms. The first-order chi connectivity index (χ1) is 8.46. The summed E-state index contributed by atoms with van der Waals surface area (Å²) in [4.78, 5) is 13.5. The number of nitrogens with zero attached hydrogens (tertiary/aromatic N) is 1. The molecule has 0 radical (unpaired) electrons. The first kappa shape index (κ1) is 15.4. The van der Waals surface area contributed by atoms with Gasteiger partial charge in [-0.25, -0.2) is 0 Å². The molecule has 0 bridgehead atoms. The molecule has 0 amide bonds. The zero-order chi connectivity index (χ0) is 13.6. The molecule has 1 fully saturated rings. The number of ether oxygens (including phenoxy) is 3. The highest BCUT2D eigenvalue weighted by Gasteiger charge is 2.25. The molecule has 1 saturated heterocycles. The van der Waals surface area contributed by atoms with Gasteiger partial charge >= 0.3 is 5.97 Å². The lowest BCUT2D eigenvalue weighted by Gasteiger charge is -2.34. The summed E-state index contributed by atoms with van der Waals surface area (Å²) in [6.07, 6.45) is 1.26. The first-order valence-electron chi connectivity index (χ1n) is 6.43. The second-order valence-electron chi connectivity index (χ2n) is 5.29. The van der Waals surface area contributed by atoms with Crippen LogP contribution in [0.3, 0.4) is 0 Å². The number of carbonyl (C=O) groups excluding carboxylic acids is 1. The molecule has 0 aliphatic carbocycles. The average molecular weight is 259 g/mol. The summed E-state index contributed by atoms with van der Waals surface area (Å²) in [7, 11) is 3.14. The highest BCUT2D eigenvalue weighted by atomic mass is 16.5. The molecular weight excluding hydrogens is 234 g/mol. The Hall–Kier alpha value is -0.650. The lowest BCUT2D eigenvalue weighted by atomic mass is 10.0. The van der Waals surface area contributed by atoms with Crippen LogP contribution < -0.4 is 0 Å². The minimum absolute atomic E-state index is 0.0446. The Kier molecular flexibility index (Phi) is 6.05. The van der Waals surface area contributed by atoms with E-state index < -0.39 is 0 Å². The largest absolute Gasteiger partial charge is 0.469 e. The summed E-state index contributed by atoms with van der Waals surface area (Å²) in [5.74, 6) is -0.209. The lowest BCUT2D eigenvalue weighted by molar-refractivity contribution is -0.145. The maximum Gasteiger partial charge on any atom is 0.308 e. The van der Waals surface area contributed by atoms with Gasteiger partial charge in [0.1, 0.15) is 0 Å². The quantitative estimate of drug-likeness (QED) is 0.668. The van der Waals surface area contributed by atoms with E-state index in [-0.39, 0.29) is 17.7 Å². The molecule has 0 aromatic carbocycles. The average Bonchev–Trinajstić information content (AvgIpc) is 2.37. The van der Waals surface area contributed by atoms with Crippen molar-refractivity contribution < 1.29 is 19.0 Å². The second kappa shape index (κ2) is 7.07. The summed E-state index contributed by atoms with van der Waals surface area (Å²) in [5.41, 5.74) is -0.101. The predicted molar refractivity (Wildman–Crippen MR) is 68.5 cm³/mol. The molecule has 106 valence electrons. The lowest BCUT2D eigenvalue weighted by Crippen LogP contribution is -2.45. The van der Waals surface area contributed by atoms with Crippen LogP contribution in [-0.2, 0) is 19.0 Å². The van der Waals surface area contributed by atoms with Crippen LogP contribution in [0.4, 0.5) is 0 Å². The number of hydrogen-bond acceptors (Lipinski definition) is 5. The van der Waals surface area contributed by atoms with Gasteiger partial charge in [0, 0.05) is 26.7 Å². The van der Waals surface area contributed by atoms with Crippen LogP contribution in [0.2, 0.25) is 0 Å². The van der Waals surface area contributed by atoms with E-state index in [4.69, 9.17) is 9.47 Å². The molecular formula is C13H25NO4. The number of hydrogen-bond donors (Lipinski definition) is 0. The Morgan fingerprint density at radius 3 is 2.78 bits per heavy atom. The van der Waals surface area contributed by atoms with E-state index in [0.717, 1.165) is 26.1 Å². The van der Waals surface area contributed by atoms with Crippen LogP contribution >= 0.6 is 0 Å². The normalized spacial score (nSPS) is 21.9. The third-order valence-electron chi connectivity index (χ3n) is 3.43. The van der Waals surface area contributed by atoms with Gasteiger partial charge in [-0.15, -0.1) is 0 Å². The van der Waals surface area contributed by atoms with Crippen molar-refractivity contribution >= 4 is 5.97 Å². The molecule has 1 aliphatic rings. The third kappa shape index (κ3) is 5.33. The van der Waals surface area contributed by atoms with Gasteiger partial charge in [0.2, 0.25) is 0 Å². The van der Waals surface area contributed by atoms with E-state index in [1.165, 1.54) is 7.11 Å². The smallest absolute Gasteiger partial charge is 0.308 e. The number of esters is 1. The molecule has 1 aliphatic heterocycles. The van der Waals surface area contributed by atoms with Gasteiger partial charge in [0.25, 0.3) is 0 Å². The van der Waals surface area contributed by atoms with Crippen molar-refractivity contribution in [3.63, 3.8) is 0 Å². The van der Waals surface area contributed by atoms with Crippen LogP contribution in [0.1, 0.15) is 26.7 Å². The summed E-state index contributed by atoms with van der Waals surface area (Å²) < 4.78 is 15.6. The number of rotatable bonds is 6. The third-order valence-corrected chi connectivity index (χ3v) is 3.43. The van der Waals surface area contributed by atoms with Crippen molar-refractivity contribution in [3.05, 3.63) is 0 Å². The van der Waals surface area contributed by atoms with E-state index in [1.54, 1.807) is 7.11 Å². The molecule has 1 unspecified atom stereocenters. The predicted octanol–water partition coefficient (Wildman–Crippen LogP) is 1.07. The second-order valence-corrected chi connectivity index (χ2v) is 5.29. The summed E-state index contributed by atoms with van der Waals surface area (Å²) >= 11 is 0.